The second-order valence-corrected chi connectivity index (χ2v) is 5.04. The maximum Gasteiger partial charge on any atom is 0.257 e. The second-order valence-electron chi connectivity index (χ2n) is 5.04. The molecule has 0 bridgehead atoms. The van der Waals surface area contributed by atoms with Gasteiger partial charge in [0.05, 0.1) is 12.1 Å². The van der Waals surface area contributed by atoms with Gasteiger partial charge in [-0.15, -0.1) is 0 Å². The number of rotatable bonds is 1. The van der Waals surface area contributed by atoms with Crippen LogP contribution in [0.1, 0.15) is 42.1 Å². The molecule has 1 unspecified atom stereocenters. The van der Waals surface area contributed by atoms with E-state index in [-0.39, 0.29) is 24.1 Å². The fourth-order valence-corrected chi connectivity index (χ4v) is 2.47. The zero-order valence-corrected chi connectivity index (χ0v) is 11.7. The molecule has 2 rings (SSSR count). The standard InChI is InChI=1S/C16H19FN2O/c1-12-5-2-3-10-19(12)16(20)14-8-7-13(6-4-9-18)11-15(14)17/h7-8,11-12H,2-3,5,9-10,18H2,1H3. The summed E-state index contributed by atoms with van der Waals surface area (Å²) in [7, 11) is 0. The zero-order valence-electron chi connectivity index (χ0n) is 11.7. The van der Waals surface area contributed by atoms with Gasteiger partial charge in [0.2, 0.25) is 0 Å². The van der Waals surface area contributed by atoms with Gasteiger partial charge in [0, 0.05) is 18.2 Å². The zero-order chi connectivity index (χ0) is 14.5. The number of nitrogens with zero attached hydrogens (tertiary/aromatic N) is 1. The van der Waals surface area contributed by atoms with Gasteiger partial charge in [-0.2, -0.15) is 0 Å². The molecule has 2 N–H and O–H groups in total. The molecule has 1 atom stereocenters. The van der Waals surface area contributed by atoms with Crippen molar-refractivity contribution >= 4 is 5.91 Å². The van der Waals surface area contributed by atoms with Crippen molar-refractivity contribution in [2.45, 2.75) is 32.2 Å². The third kappa shape index (κ3) is 3.17. The molecule has 20 heavy (non-hydrogen) atoms. The van der Waals surface area contributed by atoms with Gasteiger partial charge in [0.1, 0.15) is 5.82 Å². The number of carbonyl (C=O) groups excluding carboxylic acids is 1. The van der Waals surface area contributed by atoms with Crippen LogP contribution in [0.5, 0.6) is 0 Å². The average molecular weight is 274 g/mol. The van der Waals surface area contributed by atoms with Crippen LogP contribution in [0.25, 0.3) is 0 Å². The van der Waals surface area contributed by atoms with Crippen LogP contribution in [0.2, 0.25) is 0 Å². The summed E-state index contributed by atoms with van der Waals surface area (Å²) in [5.74, 6) is 4.68. The van der Waals surface area contributed by atoms with Crippen molar-refractivity contribution in [3.63, 3.8) is 0 Å². The number of hydrogen-bond acceptors (Lipinski definition) is 2. The van der Waals surface area contributed by atoms with Gasteiger partial charge in [0.25, 0.3) is 5.91 Å². The van der Waals surface area contributed by atoms with Crippen molar-refractivity contribution < 1.29 is 9.18 Å². The number of piperidine rings is 1. The fraction of sp³-hybridized carbons (Fsp3) is 0.438. The number of benzene rings is 1. The van der Waals surface area contributed by atoms with Crippen molar-refractivity contribution in [1.29, 1.82) is 0 Å². The molecule has 4 heteroatoms. The highest BCUT2D eigenvalue weighted by Crippen LogP contribution is 2.20. The highest BCUT2D eigenvalue weighted by atomic mass is 19.1. The van der Waals surface area contributed by atoms with Crippen molar-refractivity contribution in [3.8, 4) is 11.8 Å². The molecule has 1 aliphatic rings. The van der Waals surface area contributed by atoms with Crippen LogP contribution in [0.3, 0.4) is 0 Å². The van der Waals surface area contributed by atoms with Crippen LogP contribution in [0.4, 0.5) is 4.39 Å². The van der Waals surface area contributed by atoms with E-state index in [1.54, 1.807) is 11.0 Å². The third-order valence-electron chi connectivity index (χ3n) is 3.60. The molecule has 1 amide bonds. The first kappa shape index (κ1) is 14.5. The highest BCUT2D eigenvalue weighted by molar-refractivity contribution is 5.94. The summed E-state index contributed by atoms with van der Waals surface area (Å²) in [6.07, 6.45) is 3.09. The van der Waals surface area contributed by atoms with Crippen LogP contribution in [-0.2, 0) is 0 Å². The lowest BCUT2D eigenvalue weighted by atomic mass is 10.0. The Balaban J connectivity index is 2.22. The van der Waals surface area contributed by atoms with Crippen molar-refractivity contribution in [3.05, 3.63) is 35.1 Å². The summed E-state index contributed by atoms with van der Waals surface area (Å²) in [5, 5.41) is 0. The summed E-state index contributed by atoms with van der Waals surface area (Å²) in [5.41, 5.74) is 5.94. The van der Waals surface area contributed by atoms with Crippen molar-refractivity contribution in [1.82, 2.24) is 4.90 Å². The van der Waals surface area contributed by atoms with Gasteiger partial charge in [-0.3, -0.25) is 4.79 Å². The normalized spacial score (nSPS) is 18.4. The molecule has 106 valence electrons. The second kappa shape index (κ2) is 6.53. The lowest BCUT2D eigenvalue weighted by Gasteiger charge is -2.33. The molecular formula is C16H19FN2O. The maximum atomic E-state index is 14.1. The van der Waals surface area contributed by atoms with Crippen LogP contribution in [-0.4, -0.2) is 29.9 Å². The van der Waals surface area contributed by atoms with Gasteiger partial charge in [-0.1, -0.05) is 11.8 Å². The lowest BCUT2D eigenvalue weighted by Crippen LogP contribution is -2.42. The first-order chi connectivity index (χ1) is 9.63. The Kier molecular flexibility index (Phi) is 4.75. The molecule has 0 aliphatic carbocycles. The van der Waals surface area contributed by atoms with E-state index in [9.17, 15) is 9.18 Å². The summed E-state index contributed by atoms with van der Waals surface area (Å²) < 4.78 is 14.1. The molecule has 3 nitrogen and oxygen atoms in total. The monoisotopic (exact) mass is 274 g/mol. The molecule has 1 aromatic rings. The summed E-state index contributed by atoms with van der Waals surface area (Å²) in [4.78, 5) is 14.1. The van der Waals surface area contributed by atoms with E-state index >= 15 is 0 Å². The summed E-state index contributed by atoms with van der Waals surface area (Å²) >= 11 is 0. The Morgan fingerprint density at radius 2 is 2.30 bits per heavy atom. The number of halogens is 1. The van der Waals surface area contributed by atoms with E-state index in [1.807, 2.05) is 6.92 Å². The van der Waals surface area contributed by atoms with Gasteiger partial charge < -0.3 is 10.6 Å². The smallest absolute Gasteiger partial charge is 0.257 e. The maximum absolute atomic E-state index is 14.1. The topological polar surface area (TPSA) is 46.3 Å². The Morgan fingerprint density at radius 1 is 1.50 bits per heavy atom. The summed E-state index contributed by atoms with van der Waals surface area (Å²) in [6, 6.07) is 4.64. The van der Waals surface area contributed by atoms with Crippen LogP contribution in [0, 0.1) is 17.7 Å². The molecule has 0 spiro atoms. The predicted octanol–water partition coefficient (Wildman–Crippen LogP) is 2.15. The largest absolute Gasteiger partial charge is 0.336 e. The number of amides is 1. The fourth-order valence-electron chi connectivity index (χ4n) is 2.47. The van der Waals surface area contributed by atoms with Crippen molar-refractivity contribution in [2.75, 3.05) is 13.1 Å². The van der Waals surface area contributed by atoms with Gasteiger partial charge in [-0.05, 0) is 44.4 Å². The van der Waals surface area contributed by atoms with Crippen LogP contribution >= 0.6 is 0 Å². The van der Waals surface area contributed by atoms with E-state index in [1.165, 1.54) is 12.1 Å². The van der Waals surface area contributed by atoms with E-state index in [0.717, 1.165) is 19.3 Å². The van der Waals surface area contributed by atoms with E-state index in [4.69, 9.17) is 5.73 Å². The Morgan fingerprint density at radius 3 is 2.95 bits per heavy atom. The molecule has 0 aromatic heterocycles. The number of carbonyl (C=O) groups is 1. The Hall–Kier alpha value is -1.86. The number of likely N-dealkylation sites (tertiary alicyclic amines) is 1. The lowest BCUT2D eigenvalue weighted by molar-refractivity contribution is 0.0631. The van der Waals surface area contributed by atoms with Crippen LogP contribution in [0.15, 0.2) is 18.2 Å². The first-order valence-corrected chi connectivity index (χ1v) is 6.93. The minimum absolute atomic E-state index is 0.122. The quantitative estimate of drug-likeness (QED) is 0.798. The molecule has 1 aliphatic heterocycles. The predicted molar refractivity (Wildman–Crippen MR) is 76.7 cm³/mol. The molecule has 1 fully saturated rings. The number of hydrogen-bond donors (Lipinski definition) is 1. The Bertz CT molecular complexity index is 559. The van der Waals surface area contributed by atoms with Crippen LogP contribution < -0.4 is 5.73 Å². The SMILES string of the molecule is CC1CCCCN1C(=O)c1ccc(C#CCN)cc1F. The molecule has 1 aromatic carbocycles. The van der Waals surface area contributed by atoms with Gasteiger partial charge in [-0.25, -0.2) is 4.39 Å². The third-order valence-corrected chi connectivity index (χ3v) is 3.60. The molecule has 1 heterocycles. The van der Waals surface area contributed by atoms with E-state index in [0.29, 0.717) is 12.1 Å². The average Bonchev–Trinajstić information content (AvgIpc) is 2.45. The molecule has 0 radical (unpaired) electrons. The van der Waals surface area contributed by atoms with Crippen molar-refractivity contribution in [2.24, 2.45) is 5.73 Å². The highest BCUT2D eigenvalue weighted by Gasteiger charge is 2.25. The van der Waals surface area contributed by atoms with Gasteiger partial charge in [0.15, 0.2) is 0 Å². The molecular weight excluding hydrogens is 255 g/mol. The van der Waals surface area contributed by atoms with Gasteiger partial charge >= 0.3 is 0 Å². The molecule has 0 saturated carbocycles. The first-order valence-electron chi connectivity index (χ1n) is 6.93. The van der Waals surface area contributed by atoms with E-state index < -0.39 is 5.82 Å². The Labute approximate surface area is 119 Å². The minimum Gasteiger partial charge on any atom is -0.336 e. The molecule has 1 saturated heterocycles. The number of nitrogens with two attached hydrogens (primary N) is 1. The minimum atomic E-state index is -0.517. The van der Waals surface area contributed by atoms with E-state index in [2.05, 4.69) is 11.8 Å². The summed E-state index contributed by atoms with van der Waals surface area (Å²) in [6.45, 7) is 2.94.